The van der Waals surface area contributed by atoms with E-state index in [0.29, 0.717) is 5.25 Å². The van der Waals surface area contributed by atoms with E-state index in [2.05, 4.69) is 19.2 Å². The van der Waals surface area contributed by atoms with E-state index in [-0.39, 0.29) is 35.9 Å². The number of carbonyl (C=O) groups excluding carboxylic acids is 2. The molecule has 21 heavy (non-hydrogen) atoms. The first-order valence-corrected chi connectivity index (χ1v) is 9.28. The van der Waals surface area contributed by atoms with Gasteiger partial charge in [0.05, 0.1) is 0 Å². The van der Waals surface area contributed by atoms with E-state index in [1.165, 1.54) is 0 Å². The molecule has 0 spiro atoms. The summed E-state index contributed by atoms with van der Waals surface area (Å²) in [6, 6.07) is -0.418. The molecule has 1 saturated heterocycles. The van der Waals surface area contributed by atoms with Gasteiger partial charge in [-0.1, -0.05) is 27.2 Å². The minimum Gasteiger partial charge on any atom is -0.342 e. The minimum absolute atomic E-state index is 0.00601. The lowest BCUT2D eigenvalue weighted by Gasteiger charge is -2.42. The summed E-state index contributed by atoms with van der Waals surface area (Å²) < 4.78 is 0. The fourth-order valence-electron chi connectivity index (χ4n) is 3.49. The van der Waals surface area contributed by atoms with E-state index < -0.39 is 0 Å². The van der Waals surface area contributed by atoms with E-state index >= 15 is 0 Å². The van der Waals surface area contributed by atoms with Crippen molar-refractivity contribution < 1.29 is 9.59 Å². The number of nitrogens with one attached hydrogen (secondary N) is 1. The average Bonchev–Trinajstić information content (AvgIpc) is 2.91. The third kappa shape index (κ3) is 3.38. The van der Waals surface area contributed by atoms with Crippen molar-refractivity contribution in [2.24, 2.45) is 5.92 Å². The molecule has 2 aliphatic rings. The maximum atomic E-state index is 12.8. The SMILES string of the molecule is CCSC1CCC(N2C(=O)C(C(C)CC)NC(=O)C2C)C1. The van der Waals surface area contributed by atoms with Crippen molar-refractivity contribution >= 4 is 23.6 Å². The van der Waals surface area contributed by atoms with Crippen molar-refractivity contribution in [2.45, 2.75) is 76.8 Å². The normalized spacial score (nSPS) is 35.0. The molecule has 0 aromatic rings. The van der Waals surface area contributed by atoms with Crippen molar-refractivity contribution in [1.82, 2.24) is 10.2 Å². The van der Waals surface area contributed by atoms with E-state index in [0.717, 1.165) is 31.4 Å². The molecule has 1 heterocycles. The molecule has 5 unspecified atom stereocenters. The average molecular weight is 312 g/mol. The van der Waals surface area contributed by atoms with Gasteiger partial charge in [0, 0.05) is 11.3 Å². The van der Waals surface area contributed by atoms with Gasteiger partial charge in [0.15, 0.2) is 0 Å². The summed E-state index contributed by atoms with van der Waals surface area (Å²) in [7, 11) is 0. The highest BCUT2D eigenvalue weighted by molar-refractivity contribution is 7.99. The third-order valence-electron chi connectivity index (χ3n) is 4.98. The summed E-state index contributed by atoms with van der Waals surface area (Å²) in [6.07, 6.45) is 4.14. The Balaban J connectivity index is 2.12. The molecular formula is C16H28N2O2S. The first-order valence-electron chi connectivity index (χ1n) is 8.23. The second-order valence-corrected chi connectivity index (χ2v) is 7.91. The van der Waals surface area contributed by atoms with E-state index in [1.54, 1.807) is 0 Å². The zero-order chi connectivity index (χ0) is 15.6. The van der Waals surface area contributed by atoms with Crippen molar-refractivity contribution in [3.8, 4) is 0 Å². The largest absolute Gasteiger partial charge is 0.342 e. The number of piperazine rings is 1. The summed E-state index contributed by atoms with van der Waals surface area (Å²) in [5.41, 5.74) is 0. The summed E-state index contributed by atoms with van der Waals surface area (Å²) in [5, 5.41) is 3.57. The van der Waals surface area contributed by atoms with Crippen LogP contribution < -0.4 is 5.32 Å². The predicted molar refractivity (Wildman–Crippen MR) is 87.3 cm³/mol. The molecule has 5 atom stereocenters. The van der Waals surface area contributed by atoms with E-state index in [1.807, 2.05) is 30.5 Å². The fraction of sp³-hybridized carbons (Fsp3) is 0.875. The van der Waals surface area contributed by atoms with E-state index in [4.69, 9.17) is 0 Å². The number of rotatable bonds is 5. The molecule has 1 N–H and O–H groups in total. The van der Waals surface area contributed by atoms with Crippen molar-refractivity contribution in [2.75, 3.05) is 5.75 Å². The van der Waals surface area contributed by atoms with Gasteiger partial charge in [0.2, 0.25) is 11.8 Å². The summed E-state index contributed by atoms with van der Waals surface area (Å²) in [5.74, 6) is 1.45. The van der Waals surface area contributed by atoms with Crippen LogP contribution in [0.25, 0.3) is 0 Å². The van der Waals surface area contributed by atoms with Crippen LogP contribution in [0.5, 0.6) is 0 Å². The smallest absolute Gasteiger partial charge is 0.246 e. The molecule has 1 aliphatic heterocycles. The van der Waals surface area contributed by atoms with Gasteiger partial charge >= 0.3 is 0 Å². The number of amides is 2. The lowest BCUT2D eigenvalue weighted by atomic mass is 9.93. The lowest BCUT2D eigenvalue weighted by Crippen LogP contribution is -2.66. The Morgan fingerprint density at radius 3 is 2.67 bits per heavy atom. The molecule has 0 radical (unpaired) electrons. The molecule has 1 aliphatic carbocycles. The first-order chi connectivity index (χ1) is 9.99. The van der Waals surface area contributed by atoms with Gasteiger partial charge in [-0.3, -0.25) is 9.59 Å². The van der Waals surface area contributed by atoms with Gasteiger partial charge < -0.3 is 10.2 Å². The van der Waals surface area contributed by atoms with Gasteiger partial charge in [0.25, 0.3) is 0 Å². The number of carbonyl (C=O) groups is 2. The van der Waals surface area contributed by atoms with Gasteiger partial charge in [0.1, 0.15) is 12.1 Å². The van der Waals surface area contributed by atoms with Crippen LogP contribution in [-0.2, 0) is 9.59 Å². The van der Waals surface area contributed by atoms with Crippen LogP contribution in [0.4, 0.5) is 0 Å². The Morgan fingerprint density at radius 1 is 1.33 bits per heavy atom. The van der Waals surface area contributed by atoms with Gasteiger partial charge in [-0.05, 0) is 37.9 Å². The Hall–Kier alpha value is -0.710. The third-order valence-corrected chi connectivity index (χ3v) is 6.21. The molecule has 0 aromatic heterocycles. The van der Waals surface area contributed by atoms with Crippen LogP contribution in [0.1, 0.15) is 53.4 Å². The molecule has 5 heteroatoms. The Labute approximate surface area is 132 Å². The van der Waals surface area contributed by atoms with Crippen molar-refractivity contribution in [3.05, 3.63) is 0 Å². The number of thioether (sulfide) groups is 1. The second-order valence-electron chi connectivity index (χ2n) is 6.34. The predicted octanol–water partition coefficient (Wildman–Crippen LogP) is 2.42. The Morgan fingerprint density at radius 2 is 2.05 bits per heavy atom. The maximum absolute atomic E-state index is 12.8. The summed E-state index contributed by atoms with van der Waals surface area (Å²) >= 11 is 1.98. The van der Waals surface area contributed by atoms with Crippen LogP contribution in [-0.4, -0.2) is 45.8 Å². The molecule has 2 rings (SSSR count). The van der Waals surface area contributed by atoms with Gasteiger partial charge in [-0.2, -0.15) is 11.8 Å². The molecular weight excluding hydrogens is 284 g/mol. The van der Waals surface area contributed by atoms with Gasteiger partial charge in [-0.25, -0.2) is 0 Å². The topological polar surface area (TPSA) is 49.4 Å². The zero-order valence-electron chi connectivity index (χ0n) is 13.6. The molecule has 0 aromatic carbocycles. The summed E-state index contributed by atoms with van der Waals surface area (Å²) in [4.78, 5) is 27.0. The van der Waals surface area contributed by atoms with E-state index in [9.17, 15) is 9.59 Å². The Kier molecular flexibility index (Phi) is 5.58. The molecule has 1 saturated carbocycles. The molecule has 2 fully saturated rings. The lowest BCUT2D eigenvalue weighted by molar-refractivity contribution is -0.152. The van der Waals surface area contributed by atoms with Crippen molar-refractivity contribution in [1.29, 1.82) is 0 Å². The first kappa shape index (κ1) is 16.7. The highest BCUT2D eigenvalue weighted by Gasteiger charge is 2.44. The monoisotopic (exact) mass is 312 g/mol. The van der Waals surface area contributed by atoms with Crippen molar-refractivity contribution in [3.63, 3.8) is 0 Å². The second kappa shape index (κ2) is 7.03. The fourth-order valence-corrected chi connectivity index (χ4v) is 4.62. The van der Waals surface area contributed by atoms with Crippen LogP contribution in [0, 0.1) is 5.92 Å². The van der Waals surface area contributed by atoms with Crippen LogP contribution >= 0.6 is 11.8 Å². The number of hydrogen-bond donors (Lipinski definition) is 1. The zero-order valence-corrected chi connectivity index (χ0v) is 14.4. The van der Waals surface area contributed by atoms with Crippen LogP contribution in [0.3, 0.4) is 0 Å². The Bertz CT molecular complexity index is 402. The molecule has 2 amide bonds. The number of nitrogens with zero attached hydrogens (tertiary/aromatic N) is 1. The highest BCUT2D eigenvalue weighted by atomic mass is 32.2. The molecule has 120 valence electrons. The van der Waals surface area contributed by atoms with Gasteiger partial charge in [-0.15, -0.1) is 0 Å². The molecule has 4 nitrogen and oxygen atoms in total. The maximum Gasteiger partial charge on any atom is 0.246 e. The minimum atomic E-state index is -0.337. The summed E-state index contributed by atoms with van der Waals surface area (Å²) in [6.45, 7) is 8.15. The standard InChI is InChI=1S/C16H28N2O2S/c1-5-10(3)14-16(20)18(11(4)15(19)17-14)12-7-8-13(9-12)21-6-2/h10-14H,5-9H2,1-4H3,(H,17,19). The van der Waals surface area contributed by atoms with Crippen LogP contribution in [0.2, 0.25) is 0 Å². The highest BCUT2D eigenvalue weighted by Crippen LogP contribution is 2.35. The number of hydrogen-bond acceptors (Lipinski definition) is 3. The quantitative estimate of drug-likeness (QED) is 0.848. The van der Waals surface area contributed by atoms with Crippen LogP contribution in [0.15, 0.2) is 0 Å². The molecule has 0 bridgehead atoms.